The SMILES string of the molecule is O=C(O)[C@@H](CCO)NC(=O)N1CCn2ccnc2C1. The Labute approximate surface area is 109 Å². The molecular weight excluding hydrogens is 252 g/mol. The van der Waals surface area contributed by atoms with Gasteiger partial charge in [0.05, 0.1) is 6.54 Å². The number of amides is 2. The molecule has 104 valence electrons. The molecule has 8 nitrogen and oxygen atoms in total. The van der Waals surface area contributed by atoms with Gasteiger partial charge in [0.2, 0.25) is 0 Å². The van der Waals surface area contributed by atoms with Crippen molar-refractivity contribution in [2.45, 2.75) is 25.6 Å². The first kappa shape index (κ1) is 13.3. The first-order chi connectivity index (χ1) is 9.11. The molecule has 1 aliphatic rings. The molecule has 2 amide bonds. The van der Waals surface area contributed by atoms with E-state index in [0.717, 1.165) is 5.82 Å². The molecule has 0 saturated heterocycles. The molecule has 0 unspecified atom stereocenters. The van der Waals surface area contributed by atoms with Crippen LogP contribution in [0.2, 0.25) is 0 Å². The number of nitrogens with one attached hydrogen (secondary N) is 1. The number of nitrogens with zero attached hydrogens (tertiary/aromatic N) is 3. The van der Waals surface area contributed by atoms with Crippen LogP contribution < -0.4 is 5.32 Å². The highest BCUT2D eigenvalue weighted by molar-refractivity contribution is 5.82. The minimum Gasteiger partial charge on any atom is -0.480 e. The van der Waals surface area contributed by atoms with E-state index in [1.54, 1.807) is 6.20 Å². The molecule has 2 rings (SSSR count). The van der Waals surface area contributed by atoms with Crippen molar-refractivity contribution in [2.75, 3.05) is 13.2 Å². The first-order valence-corrected chi connectivity index (χ1v) is 6.01. The molecule has 0 bridgehead atoms. The fraction of sp³-hybridized carbons (Fsp3) is 0.545. The topological polar surface area (TPSA) is 108 Å². The Hall–Kier alpha value is -2.09. The van der Waals surface area contributed by atoms with Crippen LogP contribution in [0.1, 0.15) is 12.2 Å². The van der Waals surface area contributed by atoms with E-state index in [2.05, 4.69) is 10.3 Å². The highest BCUT2D eigenvalue weighted by atomic mass is 16.4. The molecule has 2 heterocycles. The number of aliphatic carboxylic acids is 1. The van der Waals surface area contributed by atoms with Gasteiger partial charge < -0.3 is 25.0 Å². The molecule has 19 heavy (non-hydrogen) atoms. The maximum atomic E-state index is 12.0. The average Bonchev–Trinajstić information content (AvgIpc) is 2.85. The molecule has 0 saturated carbocycles. The minimum atomic E-state index is -1.15. The Morgan fingerprint density at radius 1 is 1.47 bits per heavy atom. The summed E-state index contributed by atoms with van der Waals surface area (Å²) in [5.74, 6) is -0.378. The molecule has 1 aromatic rings. The van der Waals surface area contributed by atoms with Crippen LogP contribution in [0.3, 0.4) is 0 Å². The number of aliphatic hydroxyl groups excluding tert-OH is 1. The monoisotopic (exact) mass is 268 g/mol. The predicted molar refractivity (Wildman–Crippen MR) is 64.3 cm³/mol. The zero-order valence-corrected chi connectivity index (χ0v) is 10.3. The lowest BCUT2D eigenvalue weighted by atomic mass is 10.2. The summed E-state index contributed by atoms with van der Waals surface area (Å²) in [6.07, 6.45) is 3.50. The molecule has 0 aliphatic carbocycles. The van der Waals surface area contributed by atoms with Gasteiger partial charge in [-0.05, 0) is 0 Å². The zero-order valence-electron chi connectivity index (χ0n) is 10.3. The summed E-state index contributed by atoms with van der Waals surface area (Å²) in [7, 11) is 0. The van der Waals surface area contributed by atoms with Crippen molar-refractivity contribution in [1.82, 2.24) is 19.8 Å². The molecule has 0 spiro atoms. The van der Waals surface area contributed by atoms with Crippen LogP contribution in [0.25, 0.3) is 0 Å². The second-order valence-electron chi connectivity index (χ2n) is 4.31. The number of aromatic nitrogens is 2. The van der Waals surface area contributed by atoms with Crippen LogP contribution >= 0.6 is 0 Å². The largest absolute Gasteiger partial charge is 0.480 e. The van der Waals surface area contributed by atoms with Gasteiger partial charge in [-0.2, -0.15) is 0 Å². The fourth-order valence-electron chi connectivity index (χ4n) is 1.97. The molecule has 1 atom stereocenters. The van der Waals surface area contributed by atoms with E-state index in [1.807, 2.05) is 10.8 Å². The Kier molecular flexibility index (Phi) is 4.00. The van der Waals surface area contributed by atoms with E-state index in [1.165, 1.54) is 4.90 Å². The van der Waals surface area contributed by atoms with Crippen molar-refractivity contribution < 1.29 is 19.8 Å². The van der Waals surface area contributed by atoms with E-state index >= 15 is 0 Å². The summed E-state index contributed by atoms with van der Waals surface area (Å²) in [5, 5.41) is 20.1. The van der Waals surface area contributed by atoms with Gasteiger partial charge in [0.25, 0.3) is 0 Å². The lowest BCUT2D eigenvalue weighted by molar-refractivity contribution is -0.139. The lowest BCUT2D eigenvalue weighted by Crippen LogP contribution is -2.50. The van der Waals surface area contributed by atoms with Gasteiger partial charge in [-0.25, -0.2) is 14.6 Å². The van der Waals surface area contributed by atoms with Crippen LogP contribution in [-0.2, 0) is 17.9 Å². The maximum absolute atomic E-state index is 12.0. The van der Waals surface area contributed by atoms with E-state index in [9.17, 15) is 9.59 Å². The average molecular weight is 268 g/mol. The van der Waals surface area contributed by atoms with Crippen LogP contribution in [0.4, 0.5) is 4.79 Å². The number of carboxylic acid groups (broad SMARTS) is 1. The number of aliphatic hydroxyl groups is 1. The number of rotatable bonds is 4. The third kappa shape index (κ3) is 3.02. The molecule has 8 heteroatoms. The van der Waals surface area contributed by atoms with Gasteiger partial charge in [0, 0.05) is 38.5 Å². The number of carboxylic acids is 1. The number of urea groups is 1. The van der Waals surface area contributed by atoms with Gasteiger partial charge in [-0.1, -0.05) is 0 Å². The van der Waals surface area contributed by atoms with Crippen molar-refractivity contribution in [3.8, 4) is 0 Å². The summed E-state index contributed by atoms with van der Waals surface area (Å²) < 4.78 is 1.95. The van der Waals surface area contributed by atoms with Crippen LogP contribution in [-0.4, -0.2) is 55.9 Å². The summed E-state index contributed by atoms with van der Waals surface area (Å²) in [6, 6.07) is -1.52. The van der Waals surface area contributed by atoms with Crippen molar-refractivity contribution in [3.63, 3.8) is 0 Å². The Bertz CT molecular complexity index is 473. The Morgan fingerprint density at radius 3 is 2.95 bits per heavy atom. The highest BCUT2D eigenvalue weighted by Crippen LogP contribution is 2.10. The van der Waals surface area contributed by atoms with E-state index in [4.69, 9.17) is 10.2 Å². The van der Waals surface area contributed by atoms with Gasteiger partial charge in [0.15, 0.2) is 0 Å². The quantitative estimate of drug-likeness (QED) is 0.665. The Balaban J connectivity index is 1.95. The number of hydrogen-bond donors (Lipinski definition) is 3. The highest BCUT2D eigenvalue weighted by Gasteiger charge is 2.25. The smallest absolute Gasteiger partial charge is 0.326 e. The standard InChI is InChI=1S/C11H16N4O4/c16-6-1-8(10(17)18)13-11(19)15-5-4-14-3-2-12-9(14)7-15/h2-3,8,16H,1,4-7H2,(H,13,19)(H,17,18)/t8-/m1/s1. The van der Waals surface area contributed by atoms with Crippen LogP contribution in [0, 0.1) is 0 Å². The van der Waals surface area contributed by atoms with Crippen molar-refractivity contribution in [1.29, 1.82) is 0 Å². The van der Waals surface area contributed by atoms with Crippen LogP contribution in [0.5, 0.6) is 0 Å². The molecule has 0 fully saturated rings. The number of fused-ring (bicyclic) bond motifs is 1. The van der Waals surface area contributed by atoms with E-state index in [-0.39, 0.29) is 13.0 Å². The molecule has 1 aliphatic heterocycles. The second-order valence-corrected chi connectivity index (χ2v) is 4.31. The number of imidazole rings is 1. The minimum absolute atomic E-state index is 0.0104. The number of carbonyl (C=O) groups excluding carboxylic acids is 1. The maximum Gasteiger partial charge on any atom is 0.326 e. The fourth-order valence-corrected chi connectivity index (χ4v) is 1.97. The normalized spacial score (nSPS) is 15.7. The van der Waals surface area contributed by atoms with Crippen LogP contribution in [0.15, 0.2) is 12.4 Å². The summed E-state index contributed by atoms with van der Waals surface area (Å²) in [5.41, 5.74) is 0. The molecule has 0 radical (unpaired) electrons. The summed E-state index contributed by atoms with van der Waals surface area (Å²) >= 11 is 0. The zero-order chi connectivity index (χ0) is 13.8. The van der Waals surface area contributed by atoms with Gasteiger partial charge in [0.1, 0.15) is 11.9 Å². The van der Waals surface area contributed by atoms with Gasteiger partial charge in [-0.15, -0.1) is 0 Å². The first-order valence-electron chi connectivity index (χ1n) is 6.01. The van der Waals surface area contributed by atoms with Gasteiger partial charge >= 0.3 is 12.0 Å². The molecule has 1 aromatic heterocycles. The third-order valence-corrected chi connectivity index (χ3v) is 3.05. The lowest BCUT2D eigenvalue weighted by Gasteiger charge is -2.28. The van der Waals surface area contributed by atoms with Crippen molar-refractivity contribution in [2.24, 2.45) is 0 Å². The van der Waals surface area contributed by atoms with Crippen molar-refractivity contribution >= 4 is 12.0 Å². The van der Waals surface area contributed by atoms with Gasteiger partial charge in [-0.3, -0.25) is 0 Å². The predicted octanol–water partition coefficient (Wildman–Crippen LogP) is -0.756. The van der Waals surface area contributed by atoms with E-state index < -0.39 is 18.0 Å². The molecule has 0 aromatic carbocycles. The van der Waals surface area contributed by atoms with E-state index in [0.29, 0.717) is 19.6 Å². The third-order valence-electron chi connectivity index (χ3n) is 3.05. The molecular formula is C11H16N4O4. The second kappa shape index (κ2) is 5.70. The van der Waals surface area contributed by atoms with Crippen molar-refractivity contribution in [3.05, 3.63) is 18.2 Å². The number of carbonyl (C=O) groups is 2. The number of hydrogen-bond acceptors (Lipinski definition) is 4. The summed E-state index contributed by atoms with van der Waals surface area (Å²) in [6.45, 7) is 1.20. The Morgan fingerprint density at radius 2 is 2.26 bits per heavy atom. The summed E-state index contributed by atoms with van der Waals surface area (Å²) in [4.78, 5) is 28.5. The molecule has 3 N–H and O–H groups in total.